The smallest absolute Gasteiger partial charge is 0.0480 e. The molecule has 1 saturated heterocycles. The number of rotatable bonds is 5. The van der Waals surface area contributed by atoms with Gasteiger partial charge in [-0.05, 0) is 58.9 Å². The first-order chi connectivity index (χ1) is 9.40. The number of hydrogen-bond donors (Lipinski definition) is 1. The Balaban J connectivity index is 1.90. The zero-order valence-corrected chi connectivity index (χ0v) is 14.0. The molecule has 0 aromatic rings. The summed E-state index contributed by atoms with van der Waals surface area (Å²) in [5, 5.41) is 3.76. The number of nitrogens with one attached hydrogen (secondary N) is 1. The van der Waals surface area contributed by atoms with Crippen molar-refractivity contribution < 1.29 is 4.74 Å². The van der Waals surface area contributed by atoms with Gasteiger partial charge in [-0.3, -0.25) is 0 Å². The summed E-state index contributed by atoms with van der Waals surface area (Å²) >= 11 is 0. The molecule has 1 heterocycles. The number of hydrogen-bond acceptors (Lipinski definition) is 3. The third-order valence-electron chi connectivity index (χ3n) is 5.06. The van der Waals surface area contributed by atoms with Crippen LogP contribution in [-0.2, 0) is 4.74 Å². The predicted molar refractivity (Wildman–Crippen MR) is 85.1 cm³/mol. The molecule has 0 aromatic carbocycles. The van der Waals surface area contributed by atoms with Crippen molar-refractivity contribution in [2.75, 3.05) is 33.4 Å². The van der Waals surface area contributed by atoms with Crippen LogP contribution in [0.4, 0.5) is 0 Å². The fourth-order valence-corrected chi connectivity index (χ4v) is 3.75. The Morgan fingerprint density at radius 2 is 1.75 bits per heavy atom. The van der Waals surface area contributed by atoms with Gasteiger partial charge in [0.05, 0.1) is 0 Å². The summed E-state index contributed by atoms with van der Waals surface area (Å²) in [5.74, 6) is 0. The van der Waals surface area contributed by atoms with Crippen molar-refractivity contribution >= 4 is 0 Å². The van der Waals surface area contributed by atoms with Gasteiger partial charge in [-0.25, -0.2) is 0 Å². The van der Waals surface area contributed by atoms with Crippen LogP contribution in [0.25, 0.3) is 0 Å². The van der Waals surface area contributed by atoms with Gasteiger partial charge in [-0.1, -0.05) is 12.8 Å². The van der Waals surface area contributed by atoms with E-state index >= 15 is 0 Å². The van der Waals surface area contributed by atoms with Gasteiger partial charge in [0, 0.05) is 37.9 Å². The Bertz CT molecular complexity index is 286. The van der Waals surface area contributed by atoms with E-state index in [0.29, 0.717) is 5.41 Å². The zero-order valence-electron chi connectivity index (χ0n) is 14.0. The maximum Gasteiger partial charge on any atom is 0.0480 e. The Morgan fingerprint density at radius 3 is 2.30 bits per heavy atom. The molecule has 1 aliphatic carbocycles. The van der Waals surface area contributed by atoms with E-state index in [0.717, 1.165) is 19.3 Å². The van der Waals surface area contributed by atoms with Gasteiger partial charge < -0.3 is 15.0 Å². The Morgan fingerprint density at radius 1 is 1.15 bits per heavy atom. The van der Waals surface area contributed by atoms with Gasteiger partial charge in [0.2, 0.25) is 0 Å². The van der Waals surface area contributed by atoms with Crippen LogP contribution in [0.15, 0.2) is 0 Å². The fourth-order valence-electron chi connectivity index (χ4n) is 3.75. The minimum Gasteiger partial charge on any atom is -0.381 e. The highest BCUT2D eigenvalue weighted by molar-refractivity contribution is 4.92. The molecule has 2 aliphatic rings. The highest BCUT2D eigenvalue weighted by atomic mass is 16.5. The molecule has 3 nitrogen and oxygen atoms in total. The first-order valence-electron chi connectivity index (χ1n) is 8.43. The quantitative estimate of drug-likeness (QED) is 0.839. The Labute approximate surface area is 125 Å². The molecule has 2 fully saturated rings. The van der Waals surface area contributed by atoms with Crippen LogP contribution >= 0.6 is 0 Å². The summed E-state index contributed by atoms with van der Waals surface area (Å²) < 4.78 is 5.50. The standard InChI is InChI=1S/C17H34N2O/c1-16(2,3)18-13-17(9-5-6-10-17)14-19(4)15-7-11-20-12-8-15/h15,18H,5-14H2,1-4H3. The molecule has 20 heavy (non-hydrogen) atoms. The van der Waals surface area contributed by atoms with Crippen molar-refractivity contribution in [3.63, 3.8) is 0 Å². The lowest BCUT2D eigenvalue weighted by molar-refractivity contribution is 0.0268. The second kappa shape index (κ2) is 6.76. The molecule has 0 radical (unpaired) electrons. The first kappa shape index (κ1) is 16.3. The summed E-state index contributed by atoms with van der Waals surface area (Å²) in [4.78, 5) is 2.62. The first-order valence-corrected chi connectivity index (χ1v) is 8.43. The SMILES string of the molecule is CN(CC1(CNC(C)(C)C)CCCC1)C1CCOCC1. The van der Waals surface area contributed by atoms with Crippen LogP contribution in [0.3, 0.4) is 0 Å². The Kier molecular flexibility index (Phi) is 5.49. The van der Waals surface area contributed by atoms with Crippen LogP contribution in [0.1, 0.15) is 59.3 Å². The average molecular weight is 282 g/mol. The van der Waals surface area contributed by atoms with Crippen LogP contribution in [0.2, 0.25) is 0 Å². The summed E-state index contributed by atoms with van der Waals surface area (Å²) in [6, 6.07) is 0.732. The van der Waals surface area contributed by atoms with E-state index in [4.69, 9.17) is 4.74 Å². The maximum absolute atomic E-state index is 5.50. The molecular weight excluding hydrogens is 248 g/mol. The van der Waals surface area contributed by atoms with Crippen molar-refractivity contribution in [3.05, 3.63) is 0 Å². The van der Waals surface area contributed by atoms with Crippen molar-refractivity contribution in [2.24, 2.45) is 5.41 Å². The van der Waals surface area contributed by atoms with Crippen LogP contribution < -0.4 is 5.32 Å². The minimum atomic E-state index is 0.229. The topological polar surface area (TPSA) is 24.5 Å². The zero-order chi connectivity index (χ0) is 14.6. The van der Waals surface area contributed by atoms with Gasteiger partial charge in [-0.2, -0.15) is 0 Å². The molecule has 0 unspecified atom stereocenters. The molecule has 3 heteroatoms. The molecule has 0 atom stereocenters. The van der Waals surface area contributed by atoms with Crippen molar-refractivity contribution in [3.8, 4) is 0 Å². The van der Waals surface area contributed by atoms with Crippen LogP contribution in [0.5, 0.6) is 0 Å². The van der Waals surface area contributed by atoms with E-state index < -0.39 is 0 Å². The molecule has 118 valence electrons. The molecular formula is C17H34N2O. The minimum absolute atomic E-state index is 0.229. The molecule has 0 spiro atoms. The van der Waals surface area contributed by atoms with Crippen molar-refractivity contribution in [1.29, 1.82) is 0 Å². The lowest BCUT2D eigenvalue weighted by Gasteiger charge is -2.40. The average Bonchev–Trinajstić information content (AvgIpc) is 2.86. The summed E-state index contributed by atoms with van der Waals surface area (Å²) in [6.45, 7) is 11.1. The molecule has 0 aromatic heterocycles. The summed E-state index contributed by atoms with van der Waals surface area (Å²) in [6.07, 6.45) is 8.02. The molecule has 1 N–H and O–H groups in total. The third kappa shape index (κ3) is 4.71. The van der Waals surface area contributed by atoms with Gasteiger partial charge in [0.15, 0.2) is 0 Å². The third-order valence-corrected chi connectivity index (χ3v) is 5.06. The molecule has 0 amide bonds. The largest absolute Gasteiger partial charge is 0.381 e. The lowest BCUT2D eigenvalue weighted by atomic mass is 9.84. The second-order valence-electron chi connectivity index (χ2n) is 8.07. The Hall–Kier alpha value is -0.120. The monoisotopic (exact) mass is 282 g/mol. The predicted octanol–water partition coefficient (Wildman–Crippen LogP) is 3.05. The van der Waals surface area contributed by atoms with E-state index in [1.54, 1.807) is 0 Å². The van der Waals surface area contributed by atoms with Crippen LogP contribution in [0, 0.1) is 5.41 Å². The molecule has 0 bridgehead atoms. The van der Waals surface area contributed by atoms with Gasteiger partial charge in [0.1, 0.15) is 0 Å². The number of nitrogens with zero attached hydrogens (tertiary/aromatic N) is 1. The highest BCUT2D eigenvalue weighted by Crippen LogP contribution is 2.39. The van der Waals surface area contributed by atoms with E-state index in [9.17, 15) is 0 Å². The summed E-state index contributed by atoms with van der Waals surface area (Å²) in [7, 11) is 2.33. The second-order valence-corrected chi connectivity index (χ2v) is 8.07. The lowest BCUT2D eigenvalue weighted by Crippen LogP contribution is -2.49. The molecule has 1 saturated carbocycles. The van der Waals surface area contributed by atoms with Gasteiger partial charge in [0.25, 0.3) is 0 Å². The van der Waals surface area contributed by atoms with Crippen molar-refractivity contribution in [2.45, 2.75) is 70.9 Å². The fraction of sp³-hybridized carbons (Fsp3) is 1.00. The van der Waals surface area contributed by atoms with Crippen LogP contribution in [-0.4, -0.2) is 49.8 Å². The maximum atomic E-state index is 5.50. The van der Waals surface area contributed by atoms with E-state index in [1.165, 1.54) is 51.6 Å². The molecule has 2 rings (SSSR count). The summed E-state index contributed by atoms with van der Waals surface area (Å²) in [5.41, 5.74) is 0.729. The van der Waals surface area contributed by atoms with E-state index in [-0.39, 0.29) is 5.54 Å². The van der Waals surface area contributed by atoms with E-state index in [2.05, 4.69) is 38.0 Å². The normalized spacial score (nSPS) is 24.4. The van der Waals surface area contributed by atoms with Gasteiger partial charge >= 0.3 is 0 Å². The van der Waals surface area contributed by atoms with Crippen molar-refractivity contribution in [1.82, 2.24) is 10.2 Å². The molecule has 1 aliphatic heterocycles. The highest BCUT2D eigenvalue weighted by Gasteiger charge is 2.37. The van der Waals surface area contributed by atoms with E-state index in [1.807, 2.05) is 0 Å². The van der Waals surface area contributed by atoms with Gasteiger partial charge in [-0.15, -0.1) is 0 Å². The number of ether oxygens (including phenoxy) is 1.